The minimum Gasteiger partial charge on any atom is -0.463 e. The van der Waals surface area contributed by atoms with Crippen molar-refractivity contribution in [3.63, 3.8) is 0 Å². The van der Waals surface area contributed by atoms with E-state index in [1.165, 1.54) is 10.6 Å². The smallest absolute Gasteiger partial charge is 0.255 e. The van der Waals surface area contributed by atoms with Crippen LogP contribution in [0, 0.1) is 6.92 Å². The Kier molecular flexibility index (Phi) is 3.23. The van der Waals surface area contributed by atoms with Crippen molar-refractivity contribution in [2.75, 3.05) is 6.86 Å². The number of halogens is 1. The highest BCUT2D eigenvalue weighted by atomic mass is 19.1. The van der Waals surface area contributed by atoms with Crippen molar-refractivity contribution in [1.82, 2.24) is 4.57 Å². The van der Waals surface area contributed by atoms with Gasteiger partial charge in [-0.15, -0.1) is 0 Å². The molecule has 17 heavy (non-hydrogen) atoms. The third kappa shape index (κ3) is 2.53. The number of nitrogens with zero attached hydrogens (tertiary/aromatic N) is 1. The van der Waals surface area contributed by atoms with Crippen LogP contribution in [0.5, 0.6) is 5.75 Å². The van der Waals surface area contributed by atoms with Gasteiger partial charge in [0.2, 0.25) is 6.86 Å². The van der Waals surface area contributed by atoms with Crippen LogP contribution in [0.4, 0.5) is 4.39 Å². The number of hydrogen-bond acceptors (Lipinski definition) is 2. The number of pyridine rings is 1. The number of benzene rings is 1. The third-order valence-corrected chi connectivity index (χ3v) is 2.40. The molecule has 1 heterocycles. The van der Waals surface area contributed by atoms with Gasteiger partial charge in [-0.25, -0.2) is 4.39 Å². The van der Waals surface area contributed by atoms with E-state index in [2.05, 4.69) is 0 Å². The van der Waals surface area contributed by atoms with Crippen molar-refractivity contribution < 1.29 is 9.13 Å². The maximum Gasteiger partial charge on any atom is 0.255 e. The lowest BCUT2D eigenvalue weighted by molar-refractivity contribution is 0.192. The van der Waals surface area contributed by atoms with Crippen LogP contribution in [0.1, 0.15) is 5.56 Å². The molecule has 0 aliphatic heterocycles. The molecule has 1 aromatic heterocycles. The van der Waals surface area contributed by atoms with Gasteiger partial charge in [0.25, 0.3) is 5.56 Å². The summed E-state index contributed by atoms with van der Waals surface area (Å²) in [6, 6.07) is 9.96. The molecule has 3 nitrogen and oxygen atoms in total. The highest BCUT2D eigenvalue weighted by Gasteiger charge is 2.00. The molecule has 0 atom stereocenters. The molecular formula is C13H12FNO2. The summed E-state index contributed by atoms with van der Waals surface area (Å²) in [4.78, 5) is 11.7. The highest BCUT2D eigenvalue weighted by Crippen LogP contribution is 2.14. The van der Waals surface area contributed by atoms with Crippen LogP contribution < -0.4 is 10.3 Å². The monoisotopic (exact) mass is 233 g/mol. The van der Waals surface area contributed by atoms with Crippen molar-refractivity contribution in [1.29, 1.82) is 0 Å². The molecule has 0 spiro atoms. The van der Waals surface area contributed by atoms with Crippen molar-refractivity contribution >= 4 is 0 Å². The van der Waals surface area contributed by atoms with E-state index in [0.29, 0.717) is 5.75 Å². The zero-order valence-corrected chi connectivity index (χ0v) is 9.39. The summed E-state index contributed by atoms with van der Waals surface area (Å²) in [7, 11) is 0. The molecule has 0 aliphatic carbocycles. The van der Waals surface area contributed by atoms with E-state index in [1.807, 2.05) is 6.92 Å². The fourth-order valence-corrected chi connectivity index (χ4v) is 1.56. The molecule has 4 heteroatoms. The predicted octanol–water partition coefficient (Wildman–Crippen LogP) is 2.45. The first-order valence-corrected chi connectivity index (χ1v) is 5.19. The Labute approximate surface area is 98.1 Å². The van der Waals surface area contributed by atoms with E-state index in [0.717, 1.165) is 11.3 Å². The Bertz CT molecular complexity index is 560. The quantitative estimate of drug-likeness (QED) is 0.815. The molecule has 0 amide bonds. The Morgan fingerprint density at radius 2 is 1.88 bits per heavy atom. The zero-order chi connectivity index (χ0) is 12.3. The molecule has 2 rings (SSSR count). The molecule has 0 saturated carbocycles. The summed E-state index contributed by atoms with van der Waals surface area (Å²) in [6.45, 7) is 1.06. The second-order valence-electron chi connectivity index (χ2n) is 3.66. The van der Waals surface area contributed by atoms with E-state index in [4.69, 9.17) is 4.74 Å². The SMILES string of the molecule is Cc1ccc(=O)n(-c2ccc(OCF)cc2)c1. The number of aryl methyl sites for hydroxylation is 1. The van der Waals surface area contributed by atoms with Gasteiger partial charge in [0.1, 0.15) is 5.75 Å². The van der Waals surface area contributed by atoms with Crippen LogP contribution >= 0.6 is 0 Å². The topological polar surface area (TPSA) is 31.2 Å². The van der Waals surface area contributed by atoms with E-state index in [-0.39, 0.29) is 5.56 Å². The van der Waals surface area contributed by atoms with Crippen LogP contribution in [-0.2, 0) is 0 Å². The summed E-state index contributed by atoms with van der Waals surface area (Å²) < 4.78 is 18.2. The Morgan fingerprint density at radius 1 is 1.18 bits per heavy atom. The fraction of sp³-hybridized carbons (Fsp3) is 0.154. The molecule has 1 aromatic carbocycles. The number of rotatable bonds is 3. The Balaban J connectivity index is 2.39. The van der Waals surface area contributed by atoms with E-state index in [9.17, 15) is 9.18 Å². The van der Waals surface area contributed by atoms with Crippen molar-refractivity contribution in [2.45, 2.75) is 6.92 Å². The number of ether oxygens (including phenoxy) is 1. The number of hydrogen-bond donors (Lipinski definition) is 0. The van der Waals surface area contributed by atoms with E-state index >= 15 is 0 Å². The van der Waals surface area contributed by atoms with Gasteiger partial charge in [-0.2, -0.15) is 0 Å². The van der Waals surface area contributed by atoms with Crippen molar-refractivity contribution in [3.8, 4) is 11.4 Å². The molecule has 0 N–H and O–H groups in total. The molecule has 2 aromatic rings. The van der Waals surface area contributed by atoms with E-state index < -0.39 is 6.86 Å². The maximum absolute atomic E-state index is 11.9. The maximum atomic E-state index is 11.9. The molecule has 88 valence electrons. The summed E-state index contributed by atoms with van der Waals surface area (Å²) in [5.74, 6) is 0.442. The second kappa shape index (κ2) is 4.82. The van der Waals surface area contributed by atoms with Gasteiger partial charge in [-0.1, -0.05) is 6.07 Å². The standard InChI is InChI=1S/C13H12FNO2/c1-10-2-7-13(16)15(8-10)11-3-5-12(6-4-11)17-9-14/h2-8H,9H2,1H3. The minimum absolute atomic E-state index is 0.102. The van der Waals surface area contributed by atoms with Crippen LogP contribution in [0.25, 0.3) is 5.69 Å². The first-order chi connectivity index (χ1) is 8.20. The van der Waals surface area contributed by atoms with Crippen LogP contribution in [-0.4, -0.2) is 11.4 Å². The summed E-state index contributed by atoms with van der Waals surface area (Å²) in [5.41, 5.74) is 1.62. The van der Waals surface area contributed by atoms with Gasteiger partial charge in [-0.3, -0.25) is 9.36 Å². The molecule has 0 aliphatic rings. The van der Waals surface area contributed by atoms with Crippen molar-refractivity contribution in [3.05, 3.63) is 58.5 Å². The van der Waals surface area contributed by atoms with Crippen LogP contribution in [0.3, 0.4) is 0 Å². The molecule has 0 saturated heterocycles. The van der Waals surface area contributed by atoms with Crippen molar-refractivity contribution in [2.24, 2.45) is 0 Å². The van der Waals surface area contributed by atoms with E-state index in [1.54, 1.807) is 36.5 Å². The summed E-state index contributed by atoms with van der Waals surface area (Å²) in [5, 5.41) is 0. The average molecular weight is 233 g/mol. The van der Waals surface area contributed by atoms with Gasteiger partial charge < -0.3 is 4.74 Å². The van der Waals surface area contributed by atoms with Gasteiger partial charge >= 0.3 is 0 Å². The van der Waals surface area contributed by atoms with Gasteiger partial charge in [-0.05, 0) is 36.8 Å². The van der Waals surface area contributed by atoms with Crippen LogP contribution in [0.2, 0.25) is 0 Å². The molecule has 0 fully saturated rings. The summed E-state index contributed by atoms with van der Waals surface area (Å²) >= 11 is 0. The first-order valence-electron chi connectivity index (χ1n) is 5.19. The lowest BCUT2D eigenvalue weighted by Crippen LogP contribution is -2.16. The minimum atomic E-state index is -0.857. The van der Waals surface area contributed by atoms with Crippen LogP contribution in [0.15, 0.2) is 47.4 Å². The third-order valence-electron chi connectivity index (χ3n) is 2.40. The Morgan fingerprint density at radius 3 is 2.53 bits per heavy atom. The van der Waals surface area contributed by atoms with Gasteiger partial charge in [0.15, 0.2) is 0 Å². The number of aromatic nitrogens is 1. The fourth-order valence-electron chi connectivity index (χ4n) is 1.56. The molecular weight excluding hydrogens is 221 g/mol. The van der Waals surface area contributed by atoms with Gasteiger partial charge in [0, 0.05) is 18.0 Å². The lowest BCUT2D eigenvalue weighted by atomic mass is 10.2. The largest absolute Gasteiger partial charge is 0.463 e. The average Bonchev–Trinajstić information content (AvgIpc) is 2.34. The lowest BCUT2D eigenvalue weighted by Gasteiger charge is -2.07. The molecule has 0 unspecified atom stereocenters. The molecule has 0 radical (unpaired) electrons. The zero-order valence-electron chi connectivity index (χ0n) is 9.39. The highest BCUT2D eigenvalue weighted by molar-refractivity contribution is 5.38. The predicted molar refractivity (Wildman–Crippen MR) is 63.4 cm³/mol. The number of alkyl halides is 1. The second-order valence-corrected chi connectivity index (χ2v) is 3.66. The molecule has 0 bridgehead atoms. The normalized spacial score (nSPS) is 10.2. The Hall–Kier alpha value is -2.10. The first kappa shape index (κ1) is 11.4. The summed E-state index contributed by atoms with van der Waals surface area (Å²) in [6.07, 6.45) is 1.76. The van der Waals surface area contributed by atoms with Gasteiger partial charge in [0.05, 0.1) is 0 Å².